The largest absolute Gasteiger partial charge is 0.496 e. The fraction of sp³-hybridized carbons (Fsp3) is 0.391. The van der Waals surface area contributed by atoms with Crippen LogP contribution >= 0.6 is 0 Å². The van der Waals surface area contributed by atoms with Gasteiger partial charge in [-0.25, -0.2) is 0 Å². The van der Waals surface area contributed by atoms with E-state index in [1.807, 2.05) is 30.0 Å². The Bertz CT molecular complexity index is 812. The topological polar surface area (TPSA) is 49.9 Å². The molecule has 0 atom stereocenters. The SMILES string of the molecule is COc1ccc(C)cc1C(=O)CCC(=O)N1CCN(Cc2ccccc2)CC1. The summed E-state index contributed by atoms with van der Waals surface area (Å²) in [6.45, 7) is 6.01. The van der Waals surface area contributed by atoms with Crippen LogP contribution < -0.4 is 4.74 Å². The average Bonchev–Trinajstić information content (AvgIpc) is 2.73. The zero-order chi connectivity index (χ0) is 19.9. The second kappa shape index (κ2) is 9.51. The van der Waals surface area contributed by atoms with Crippen molar-refractivity contribution in [3.8, 4) is 5.75 Å². The molecule has 1 saturated heterocycles. The number of ketones is 1. The Morgan fingerprint density at radius 1 is 0.964 bits per heavy atom. The van der Waals surface area contributed by atoms with Gasteiger partial charge in [0.15, 0.2) is 5.78 Å². The highest BCUT2D eigenvalue weighted by Crippen LogP contribution is 2.22. The summed E-state index contributed by atoms with van der Waals surface area (Å²) in [7, 11) is 1.56. The Morgan fingerprint density at radius 3 is 2.36 bits per heavy atom. The summed E-state index contributed by atoms with van der Waals surface area (Å²) in [5.74, 6) is 0.577. The summed E-state index contributed by atoms with van der Waals surface area (Å²) in [5, 5.41) is 0. The van der Waals surface area contributed by atoms with E-state index in [1.54, 1.807) is 13.2 Å². The minimum atomic E-state index is -0.0448. The van der Waals surface area contributed by atoms with E-state index in [4.69, 9.17) is 4.74 Å². The standard InChI is InChI=1S/C23H28N2O3/c1-18-8-10-22(28-2)20(16-18)21(26)9-11-23(27)25-14-12-24(13-15-25)17-19-6-4-3-5-7-19/h3-8,10,16H,9,11-15,17H2,1-2H3. The summed E-state index contributed by atoms with van der Waals surface area (Å²) in [6, 6.07) is 15.9. The Labute approximate surface area is 166 Å². The molecule has 0 N–H and O–H groups in total. The number of piperazine rings is 1. The predicted molar refractivity (Wildman–Crippen MR) is 110 cm³/mol. The number of rotatable bonds is 7. The van der Waals surface area contributed by atoms with Crippen LogP contribution in [-0.2, 0) is 11.3 Å². The van der Waals surface area contributed by atoms with Crippen LogP contribution in [0.1, 0.15) is 34.3 Å². The molecule has 2 aromatic rings. The van der Waals surface area contributed by atoms with E-state index in [0.717, 1.165) is 25.2 Å². The highest BCUT2D eigenvalue weighted by atomic mass is 16.5. The molecular formula is C23H28N2O3. The molecule has 1 aliphatic heterocycles. The molecule has 5 heteroatoms. The van der Waals surface area contributed by atoms with Crippen molar-refractivity contribution < 1.29 is 14.3 Å². The fourth-order valence-electron chi connectivity index (χ4n) is 3.55. The van der Waals surface area contributed by atoms with Crippen molar-refractivity contribution in [2.45, 2.75) is 26.3 Å². The first kappa shape index (κ1) is 20.1. The van der Waals surface area contributed by atoms with Gasteiger partial charge in [0.25, 0.3) is 0 Å². The maximum Gasteiger partial charge on any atom is 0.223 e. The van der Waals surface area contributed by atoms with Crippen molar-refractivity contribution in [1.29, 1.82) is 0 Å². The lowest BCUT2D eigenvalue weighted by Gasteiger charge is -2.34. The number of carbonyl (C=O) groups excluding carboxylic acids is 2. The number of aryl methyl sites for hydroxylation is 1. The third-order valence-electron chi connectivity index (χ3n) is 5.20. The van der Waals surface area contributed by atoms with Gasteiger partial charge in [0.05, 0.1) is 12.7 Å². The minimum Gasteiger partial charge on any atom is -0.496 e. The van der Waals surface area contributed by atoms with Gasteiger partial charge in [0, 0.05) is 45.6 Å². The summed E-state index contributed by atoms with van der Waals surface area (Å²) < 4.78 is 5.28. The van der Waals surface area contributed by atoms with Gasteiger partial charge in [-0.05, 0) is 24.6 Å². The minimum absolute atomic E-state index is 0.0448. The first-order valence-corrected chi connectivity index (χ1v) is 9.78. The van der Waals surface area contributed by atoms with Gasteiger partial charge in [-0.3, -0.25) is 14.5 Å². The van der Waals surface area contributed by atoms with Crippen LogP contribution in [-0.4, -0.2) is 54.8 Å². The second-order valence-corrected chi connectivity index (χ2v) is 7.27. The van der Waals surface area contributed by atoms with Crippen molar-refractivity contribution >= 4 is 11.7 Å². The van der Waals surface area contributed by atoms with E-state index in [1.165, 1.54) is 5.56 Å². The first-order valence-electron chi connectivity index (χ1n) is 9.78. The molecule has 0 bridgehead atoms. The zero-order valence-electron chi connectivity index (χ0n) is 16.7. The molecule has 5 nitrogen and oxygen atoms in total. The molecule has 0 aliphatic carbocycles. The van der Waals surface area contributed by atoms with Crippen molar-refractivity contribution in [2.24, 2.45) is 0 Å². The van der Waals surface area contributed by atoms with Crippen molar-refractivity contribution in [3.63, 3.8) is 0 Å². The first-order chi connectivity index (χ1) is 13.6. The maximum absolute atomic E-state index is 12.6. The van der Waals surface area contributed by atoms with Crippen molar-refractivity contribution in [2.75, 3.05) is 33.3 Å². The molecule has 3 rings (SSSR count). The third kappa shape index (κ3) is 5.20. The number of ether oxygens (including phenoxy) is 1. The molecule has 1 amide bonds. The van der Waals surface area contributed by atoms with Gasteiger partial charge < -0.3 is 9.64 Å². The molecule has 1 aliphatic rings. The van der Waals surface area contributed by atoms with Gasteiger partial charge in [-0.1, -0.05) is 42.0 Å². The number of hydrogen-bond donors (Lipinski definition) is 0. The number of nitrogens with zero attached hydrogens (tertiary/aromatic N) is 2. The molecule has 0 unspecified atom stereocenters. The fourth-order valence-corrected chi connectivity index (χ4v) is 3.55. The smallest absolute Gasteiger partial charge is 0.223 e. The molecule has 0 radical (unpaired) electrons. The molecule has 2 aromatic carbocycles. The quantitative estimate of drug-likeness (QED) is 0.692. The zero-order valence-corrected chi connectivity index (χ0v) is 16.7. The lowest BCUT2D eigenvalue weighted by molar-refractivity contribution is -0.133. The Hall–Kier alpha value is -2.66. The summed E-state index contributed by atoms with van der Waals surface area (Å²) in [6.07, 6.45) is 0.456. The van der Waals surface area contributed by atoms with Gasteiger partial charge in [-0.2, -0.15) is 0 Å². The molecule has 0 saturated carbocycles. The molecular weight excluding hydrogens is 352 g/mol. The number of methoxy groups -OCH3 is 1. The van der Waals surface area contributed by atoms with Crippen molar-refractivity contribution in [1.82, 2.24) is 9.80 Å². The van der Waals surface area contributed by atoms with Gasteiger partial charge >= 0.3 is 0 Å². The Balaban J connectivity index is 1.47. The third-order valence-corrected chi connectivity index (χ3v) is 5.20. The number of hydrogen-bond acceptors (Lipinski definition) is 4. The predicted octanol–water partition coefficient (Wildman–Crippen LogP) is 3.31. The number of benzene rings is 2. The number of carbonyl (C=O) groups is 2. The van der Waals surface area contributed by atoms with Gasteiger partial charge in [-0.15, -0.1) is 0 Å². The van der Waals surface area contributed by atoms with Gasteiger partial charge in [0.2, 0.25) is 5.91 Å². The lowest BCUT2D eigenvalue weighted by Crippen LogP contribution is -2.48. The van der Waals surface area contributed by atoms with Crippen molar-refractivity contribution in [3.05, 3.63) is 65.2 Å². The molecule has 148 valence electrons. The number of amides is 1. The highest BCUT2D eigenvalue weighted by Gasteiger charge is 2.22. The van der Waals surface area contributed by atoms with E-state index < -0.39 is 0 Å². The van der Waals surface area contributed by atoms with Crippen LogP contribution in [0.25, 0.3) is 0 Å². The van der Waals surface area contributed by atoms with Crippen LogP contribution in [0.15, 0.2) is 48.5 Å². The summed E-state index contributed by atoms with van der Waals surface area (Å²) in [5.41, 5.74) is 2.85. The molecule has 1 fully saturated rings. The Kier molecular flexibility index (Phi) is 6.82. The summed E-state index contributed by atoms with van der Waals surface area (Å²) in [4.78, 5) is 29.3. The van der Waals surface area contributed by atoms with E-state index in [-0.39, 0.29) is 24.5 Å². The number of Topliss-reactive ketones (excluding diaryl/α,β-unsaturated/α-hetero) is 1. The molecule has 0 aromatic heterocycles. The van der Waals surface area contributed by atoms with Crippen LogP contribution in [0.2, 0.25) is 0 Å². The average molecular weight is 380 g/mol. The van der Waals surface area contributed by atoms with Crippen LogP contribution in [0.3, 0.4) is 0 Å². The van der Waals surface area contributed by atoms with Crippen LogP contribution in [0.4, 0.5) is 0 Å². The lowest BCUT2D eigenvalue weighted by atomic mass is 10.0. The normalized spacial score (nSPS) is 14.7. The second-order valence-electron chi connectivity index (χ2n) is 7.27. The maximum atomic E-state index is 12.6. The van der Waals surface area contributed by atoms with E-state index in [9.17, 15) is 9.59 Å². The molecule has 0 spiro atoms. The van der Waals surface area contributed by atoms with Crippen LogP contribution in [0, 0.1) is 6.92 Å². The van der Waals surface area contributed by atoms with E-state index in [2.05, 4.69) is 29.2 Å². The Morgan fingerprint density at radius 2 is 1.68 bits per heavy atom. The summed E-state index contributed by atoms with van der Waals surface area (Å²) >= 11 is 0. The monoisotopic (exact) mass is 380 g/mol. The molecule has 28 heavy (non-hydrogen) atoms. The van der Waals surface area contributed by atoms with Gasteiger partial charge in [0.1, 0.15) is 5.75 Å². The van der Waals surface area contributed by atoms with Crippen LogP contribution in [0.5, 0.6) is 5.75 Å². The van der Waals surface area contributed by atoms with E-state index in [0.29, 0.717) is 24.4 Å². The highest BCUT2D eigenvalue weighted by molar-refractivity contribution is 6.00. The molecule has 1 heterocycles. The van der Waals surface area contributed by atoms with E-state index >= 15 is 0 Å².